The lowest BCUT2D eigenvalue weighted by atomic mass is 9.94. The number of nitrogens with one attached hydrogen (secondary N) is 2. The summed E-state index contributed by atoms with van der Waals surface area (Å²) in [6, 6.07) is 11.4. The van der Waals surface area contributed by atoms with E-state index < -0.39 is 0 Å². The summed E-state index contributed by atoms with van der Waals surface area (Å²) in [4.78, 5) is 15.9. The van der Waals surface area contributed by atoms with Crippen LogP contribution in [0.25, 0.3) is 0 Å². The monoisotopic (exact) mass is 345 g/mol. The molecule has 0 unspecified atom stereocenters. The van der Waals surface area contributed by atoms with Gasteiger partial charge in [-0.25, -0.2) is 4.79 Å². The molecule has 1 aliphatic heterocycles. The molecule has 2 heterocycles. The van der Waals surface area contributed by atoms with E-state index in [0.717, 1.165) is 24.5 Å². The zero-order valence-corrected chi connectivity index (χ0v) is 14.8. The van der Waals surface area contributed by atoms with Crippen LogP contribution in [0, 0.1) is 5.92 Å². The molecule has 0 saturated carbocycles. The number of carbonyl (C=O) groups is 1. The Morgan fingerprint density at radius 1 is 1.29 bits per heavy atom. The largest absolute Gasteiger partial charge is 0.497 e. The van der Waals surface area contributed by atoms with Gasteiger partial charge >= 0.3 is 6.03 Å². The van der Waals surface area contributed by atoms with Crippen molar-refractivity contribution in [1.82, 2.24) is 10.2 Å². The fourth-order valence-electron chi connectivity index (χ4n) is 3.19. The molecule has 2 N–H and O–H groups in total. The third-order valence-electron chi connectivity index (χ3n) is 4.40. The van der Waals surface area contributed by atoms with Crippen molar-refractivity contribution in [3.63, 3.8) is 0 Å². The summed E-state index contributed by atoms with van der Waals surface area (Å²) in [6.45, 7) is 2.73. The number of benzene rings is 1. The van der Waals surface area contributed by atoms with Crippen LogP contribution in [0.1, 0.15) is 10.8 Å². The zero-order valence-electron chi connectivity index (χ0n) is 14.0. The van der Waals surface area contributed by atoms with Crippen molar-refractivity contribution >= 4 is 23.1 Å². The highest BCUT2D eigenvalue weighted by Gasteiger charge is 2.32. The summed E-state index contributed by atoms with van der Waals surface area (Å²) in [7, 11) is 3.76. The van der Waals surface area contributed by atoms with Crippen LogP contribution in [0.4, 0.5) is 10.5 Å². The van der Waals surface area contributed by atoms with Crippen LogP contribution in [0.15, 0.2) is 41.8 Å². The summed E-state index contributed by atoms with van der Waals surface area (Å²) < 4.78 is 5.11. The molecule has 2 amide bonds. The summed E-state index contributed by atoms with van der Waals surface area (Å²) in [5, 5.41) is 7.99. The Morgan fingerprint density at radius 2 is 2.08 bits per heavy atom. The lowest BCUT2D eigenvalue weighted by Gasteiger charge is -2.18. The first-order chi connectivity index (χ1) is 11.7. The predicted octanol–water partition coefficient (Wildman–Crippen LogP) is 3.22. The molecule has 1 aromatic heterocycles. The molecule has 0 spiro atoms. The number of anilines is 1. The van der Waals surface area contributed by atoms with Gasteiger partial charge in [0.15, 0.2) is 0 Å². The zero-order chi connectivity index (χ0) is 16.9. The third-order valence-corrected chi connectivity index (χ3v) is 5.41. The maximum absolute atomic E-state index is 12.1. The molecule has 2 atom stereocenters. The van der Waals surface area contributed by atoms with Gasteiger partial charge in [-0.3, -0.25) is 0 Å². The van der Waals surface area contributed by atoms with Crippen LogP contribution >= 0.6 is 11.3 Å². The van der Waals surface area contributed by atoms with Crippen LogP contribution in [-0.4, -0.2) is 44.7 Å². The minimum Gasteiger partial charge on any atom is -0.497 e. The lowest BCUT2D eigenvalue weighted by Crippen LogP contribution is -2.35. The second-order valence-electron chi connectivity index (χ2n) is 6.17. The fraction of sp³-hybridized carbons (Fsp3) is 0.389. The minimum atomic E-state index is -0.167. The molecule has 24 heavy (non-hydrogen) atoms. The van der Waals surface area contributed by atoms with E-state index in [4.69, 9.17) is 4.74 Å². The van der Waals surface area contributed by atoms with Crippen LogP contribution in [0.5, 0.6) is 5.75 Å². The number of likely N-dealkylation sites (N-methyl/N-ethyl adjacent to an activating group) is 1. The minimum absolute atomic E-state index is 0.167. The van der Waals surface area contributed by atoms with Crippen LogP contribution in [-0.2, 0) is 0 Å². The van der Waals surface area contributed by atoms with Gasteiger partial charge in [-0.2, -0.15) is 0 Å². The van der Waals surface area contributed by atoms with E-state index in [1.54, 1.807) is 18.4 Å². The van der Waals surface area contributed by atoms with E-state index in [-0.39, 0.29) is 6.03 Å². The molecule has 1 aliphatic rings. The number of hydrogen-bond donors (Lipinski definition) is 2. The van der Waals surface area contributed by atoms with Gasteiger partial charge in [0, 0.05) is 36.1 Å². The van der Waals surface area contributed by atoms with Crippen molar-refractivity contribution in [1.29, 1.82) is 0 Å². The Kier molecular flexibility index (Phi) is 5.37. The Labute approximate surface area is 146 Å². The van der Waals surface area contributed by atoms with Gasteiger partial charge in [0.2, 0.25) is 0 Å². The van der Waals surface area contributed by atoms with Gasteiger partial charge in [-0.05, 0) is 48.7 Å². The van der Waals surface area contributed by atoms with E-state index in [9.17, 15) is 4.79 Å². The molecule has 1 saturated heterocycles. The molecule has 1 aromatic carbocycles. The summed E-state index contributed by atoms with van der Waals surface area (Å²) in [5.74, 6) is 1.71. The van der Waals surface area contributed by atoms with Gasteiger partial charge in [0.1, 0.15) is 5.75 Å². The highest BCUT2D eigenvalue weighted by atomic mass is 32.1. The van der Waals surface area contributed by atoms with Crippen molar-refractivity contribution in [2.75, 3.05) is 39.1 Å². The second kappa shape index (κ2) is 7.68. The van der Waals surface area contributed by atoms with Crippen molar-refractivity contribution in [2.24, 2.45) is 5.92 Å². The highest BCUT2D eigenvalue weighted by Crippen LogP contribution is 2.34. The van der Waals surface area contributed by atoms with E-state index in [1.165, 1.54) is 4.88 Å². The van der Waals surface area contributed by atoms with E-state index >= 15 is 0 Å². The Balaban J connectivity index is 1.53. The molecular formula is C18H23N3O2S. The second-order valence-corrected chi connectivity index (χ2v) is 7.15. The molecule has 6 heteroatoms. The third kappa shape index (κ3) is 4.07. The molecular weight excluding hydrogens is 322 g/mol. The van der Waals surface area contributed by atoms with Crippen molar-refractivity contribution < 1.29 is 9.53 Å². The van der Waals surface area contributed by atoms with E-state index in [2.05, 4.69) is 40.1 Å². The van der Waals surface area contributed by atoms with E-state index in [1.807, 2.05) is 24.3 Å². The maximum Gasteiger partial charge on any atom is 0.319 e. The molecule has 2 aromatic rings. The summed E-state index contributed by atoms with van der Waals surface area (Å²) in [6.07, 6.45) is 0. The number of hydrogen-bond acceptors (Lipinski definition) is 4. The van der Waals surface area contributed by atoms with Gasteiger partial charge in [0.05, 0.1) is 7.11 Å². The fourth-order valence-corrected chi connectivity index (χ4v) is 4.10. The van der Waals surface area contributed by atoms with Crippen molar-refractivity contribution in [2.45, 2.75) is 5.92 Å². The normalized spacial score (nSPS) is 20.8. The number of nitrogens with zero attached hydrogens (tertiary/aromatic N) is 1. The number of urea groups is 1. The Hall–Kier alpha value is -2.05. The summed E-state index contributed by atoms with van der Waals surface area (Å²) in [5.41, 5.74) is 0.756. The maximum atomic E-state index is 12.1. The molecule has 0 aliphatic carbocycles. The average Bonchev–Trinajstić information content (AvgIpc) is 3.23. The topological polar surface area (TPSA) is 53.6 Å². The van der Waals surface area contributed by atoms with Crippen LogP contribution in [0.2, 0.25) is 0 Å². The highest BCUT2D eigenvalue weighted by molar-refractivity contribution is 7.10. The molecule has 0 bridgehead atoms. The Morgan fingerprint density at radius 3 is 2.75 bits per heavy atom. The molecule has 3 rings (SSSR count). The standard InChI is InChI=1S/C18H23N3O2S/c1-21-11-13(16(12-21)17-4-3-9-24-17)10-19-18(22)20-14-5-7-15(23-2)8-6-14/h3-9,13,16H,10-12H2,1-2H3,(H2,19,20,22)/t13-,16+/m1/s1. The van der Waals surface area contributed by atoms with Crippen molar-refractivity contribution in [3.05, 3.63) is 46.7 Å². The van der Waals surface area contributed by atoms with Gasteiger partial charge in [0.25, 0.3) is 0 Å². The van der Waals surface area contributed by atoms with Gasteiger partial charge in [-0.1, -0.05) is 6.07 Å². The number of amides is 2. The Bertz CT molecular complexity index is 657. The molecule has 5 nitrogen and oxygen atoms in total. The summed E-state index contributed by atoms with van der Waals surface area (Å²) >= 11 is 1.80. The number of likely N-dealkylation sites (tertiary alicyclic amines) is 1. The van der Waals surface area contributed by atoms with Crippen LogP contribution < -0.4 is 15.4 Å². The van der Waals surface area contributed by atoms with Crippen LogP contribution in [0.3, 0.4) is 0 Å². The lowest BCUT2D eigenvalue weighted by molar-refractivity contribution is 0.249. The average molecular weight is 345 g/mol. The number of rotatable bonds is 5. The molecule has 0 radical (unpaired) electrons. The van der Waals surface area contributed by atoms with Crippen molar-refractivity contribution in [3.8, 4) is 5.75 Å². The number of methoxy groups -OCH3 is 1. The van der Waals surface area contributed by atoms with Gasteiger partial charge in [-0.15, -0.1) is 11.3 Å². The number of ether oxygens (including phenoxy) is 1. The first-order valence-electron chi connectivity index (χ1n) is 8.06. The van der Waals surface area contributed by atoms with Gasteiger partial charge < -0.3 is 20.3 Å². The number of carbonyl (C=O) groups excluding carboxylic acids is 1. The SMILES string of the molecule is COc1ccc(NC(=O)NC[C@@H]2CN(C)C[C@@H]2c2cccs2)cc1. The quantitative estimate of drug-likeness (QED) is 0.875. The van der Waals surface area contributed by atoms with E-state index in [0.29, 0.717) is 18.4 Å². The molecule has 1 fully saturated rings. The predicted molar refractivity (Wildman–Crippen MR) is 98.1 cm³/mol. The smallest absolute Gasteiger partial charge is 0.319 e. The first kappa shape index (κ1) is 16.8. The first-order valence-corrected chi connectivity index (χ1v) is 8.94. The molecule has 128 valence electrons. The number of thiophene rings is 1.